The molecule has 0 saturated heterocycles. The summed E-state index contributed by atoms with van der Waals surface area (Å²) in [6.07, 6.45) is -1.99. The van der Waals surface area contributed by atoms with Crippen LogP contribution in [0.3, 0.4) is 0 Å². The van der Waals surface area contributed by atoms with Crippen LogP contribution < -0.4 is 15.4 Å². The fraction of sp³-hybridized carbons (Fsp3) is 0.231. The maximum Gasteiger partial charge on any atom is 0.573 e. The summed E-state index contributed by atoms with van der Waals surface area (Å²) in [5.41, 5.74) is 0.295. The van der Waals surface area contributed by atoms with Crippen LogP contribution >= 0.6 is 0 Å². The first-order chi connectivity index (χ1) is 18.8. The van der Waals surface area contributed by atoms with E-state index in [1.54, 1.807) is 19.1 Å². The highest BCUT2D eigenvalue weighted by Crippen LogP contribution is 2.25. The van der Waals surface area contributed by atoms with Gasteiger partial charge in [0, 0.05) is 23.9 Å². The van der Waals surface area contributed by atoms with Crippen molar-refractivity contribution in [1.29, 1.82) is 5.26 Å². The Bertz CT molecular complexity index is 1660. The number of amides is 2. The molecule has 206 valence electrons. The predicted octanol–water partition coefficient (Wildman–Crippen LogP) is 4.56. The van der Waals surface area contributed by atoms with E-state index < -0.39 is 41.7 Å². The van der Waals surface area contributed by atoms with Crippen molar-refractivity contribution in [2.24, 2.45) is 5.41 Å². The Hall–Kier alpha value is -5.06. The summed E-state index contributed by atoms with van der Waals surface area (Å²) in [5.74, 6) is -2.41. The fourth-order valence-corrected chi connectivity index (χ4v) is 3.48. The number of carbonyl (C=O) groups excluding carboxylic acids is 2. The zero-order chi connectivity index (χ0) is 29.2. The van der Waals surface area contributed by atoms with Gasteiger partial charge in [-0.1, -0.05) is 0 Å². The zero-order valence-electron chi connectivity index (χ0n) is 21.3. The van der Waals surface area contributed by atoms with Crippen LogP contribution in [0.15, 0.2) is 48.8 Å². The highest BCUT2D eigenvalue weighted by Gasteiger charge is 2.31. The molecule has 3 heterocycles. The number of imidazole rings is 1. The van der Waals surface area contributed by atoms with Gasteiger partial charge in [-0.15, -0.1) is 13.2 Å². The smallest absolute Gasteiger partial charge is 0.406 e. The Balaban J connectivity index is 1.53. The van der Waals surface area contributed by atoms with Gasteiger partial charge in [0.1, 0.15) is 17.0 Å². The SMILES string of the molecule is Cc1ncc(-c2ccc3nc(NC(=O)C(C)(C)C#N)cn3n2)cc1C(=O)NCc1cc(OC(F)(F)F)ccc1F. The topological polar surface area (TPSA) is 134 Å². The lowest BCUT2D eigenvalue weighted by atomic mass is 9.95. The molecule has 0 radical (unpaired) electrons. The van der Waals surface area contributed by atoms with Crippen molar-refractivity contribution in [3.8, 4) is 23.1 Å². The maximum absolute atomic E-state index is 14.1. The van der Waals surface area contributed by atoms with Crippen LogP contribution in [0.2, 0.25) is 0 Å². The summed E-state index contributed by atoms with van der Waals surface area (Å²) >= 11 is 0. The van der Waals surface area contributed by atoms with E-state index in [0.29, 0.717) is 22.6 Å². The molecule has 0 spiro atoms. The van der Waals surface area contributed by atoms with Crippen molar-refractivity contribution in [3.63, 3.8) is 0 Å². The van der Waals surface area contributed by atoms with Crippen LogP contribution in [-0.4, -0.2) is 37.8 Å². The van der Waals surface area contributed by atoms with E-state index in [1.807, 2.05) is 6.07 Å². The van der Waals surface area contributed by atoms with Crippen LogP contribution in [0.5, 0.6) is 5.75 Å². The Morgan fingerprint density at radius 2 is 1.90 bits per heavy atom. The molecule has 0 fully saturated rings. The van der Waals surface area contributed by atoms with Gasteiger partial charge < -0.3 is 15.4 Å². The standard InChI is InChI=1S/C26H21F4N7O3/c1-14-18(23(38)33-10-15-8-17(4-5-19(15)27)40-26(28,29)30)9-16(11-32-14)20-6-7-22-34-21(12-37(22)36-20)35-24(39)25(2,3)13-31/h4-9,11-12H,10H2,1-3H3,(H,33,38)(H,35,39). The molecule has 0 unspecified atom stereocenters. The number of nitrogens with zero attached hydrogens (tertiary/aromatic N) is 5. The average molecular weight is 555 g/mol. The lowest BCUT2D eigenvalue weighted by Gasteiger charge is -2.12. The first-order valence-corrected chi connectivity index (χ1v) is 11.6. The third-order valence-corrected chi connectivity index (χ3v) is 5.73. The van der Waals surface area contributed by atoms with Crippen molar-refractivity contribution < 1.29 is 31.9 Å². The van der Waals surface area contributed by atoms with Crippen molar-refractivity contribution in [2.75, 3.05) is 5.32 Å². The van der Waals surface area contributed by atoms with Gasteiger partial charge in [-0.2, -0.15) is 10.4 Å². The van der Waals surface area contributed by atoms with E-state index in [2.05, 4.69) is 30.4 Å². The van der Waals surface area contributed by atoms with Crippen molar-refractivity contribution in [3.05, 3.63) is 71.4 Å². The second-order valence-corrected chi connectivity index (χ2v) is 9.18. The molecule has 40 heavy (non-hydrogen) atoms. The molecule has 0 atom stereocenters. The van der Waals surface area contributed by atoms with E-state index in [1.165, 1.54) is 36.8 Å². The minimum Gasteiger partial charge on any atom is -0.406 e. The van der Waals surface area contributed by atoms with Gasteiger partial charge in [-0.05, 0) is 57.2 Å². The number of halogens is 4. The van der Waals surface area contributed by atoms with Gasteiger partial charge in [0.15, 0.2) is 11.5 Å². The van der Waals surface area contributed by atoms with Crippen LogP contribution in [0.25, 0.3) is 16.9 Å². The van der Waals surface area contributed by atoms with E-state index in [9.17, 15) is 27.2 Å². The molecule has 14 heteroatoms. The number of hydrogen-bond donors (Lipinski definition) is 2. The van der Waals surface area contributed by atoms with Gasteiger partial charge in [-0.25, -0.2) is 13.9 Å². The summed E-state index contributed by atoms with van der Waals surface area (Å²) in [5, 5.41) is 18.6. The molecule has 1 aromatic carbocycles. The molecule has 4 aromatic rings. The van der Waals surface area contributed by atoms with Gasteiger partial charge in [0.2, 0.25) is 5.91 Å². The number of aryl methyl sites for hydroxylation is 1. The normalized spacial score (nSPS) is 11.7. The van der Waals surface area contributed by atoms with Gasteiger partial charge in [0.05, 0.1) is 29.2 Å². The minimum atomic E-state index is -4.95. The second kappa shape index (κ2) is 10.6. The highest BCUT2D eigenvalue weighted by molar-refractivity contribution is 5.96. The van der Waals surface area contributed by atoms with E-state index in [-0.39, 0.29) is 16.9 Å². The first kappa shape index (κ1) is 28.0. The van der Waals surface area contributed by atoms with Gasteiger partial charge in [-0.3, -0.25) is 14.6 Å². The highest BCUT2D eigenvalue weighted by atomic mass is 19.4. The van der Waals surface area contributed by atoms with Gasteiger partial charge in [0.25, 0.3) is 5.91 Å². The van der Waals surface area contributed by atoms with Crippen LogP contribution in [0.4, 0.5) is 23.4 Å². The Kier molecular flexibility index (Phi) is 7.41. The van der Waals surface area contributed by atoms with Crippen molar-refractivity contribution in [2.45, 2.75) is 33.7 Å². The van der Waals surface area contributed by atoms with E-state index in [0.717, 1.165) is 18.2 Å². The lowest BCUT2D eigenvalue weighted by molar-refractivity contribution is -0.274. The molecule has 0 saturated carbocycles. The van der Waals surface area contributed by atoms with Crippen LogP contribution in [0.1, 0.15) is 35.5 Å². The summed E-state index contributed by atoms with van der Waals surface area (Å²) in [6.45, 7) is 4.13. The molecule has 4 rings (SSSR count). The number of benzene rings is 1. The molecule has 0 aliphatic heterocycles. The molecule has 0 aliphatic carbocycles. The largest absolute Gasteiger partial charge is 0.573 e. The summed E-state index contributed by atoms with van der Waals surface area (Å²) in [6, 6.07) is 9.18. The number of rotatable bonds is 7. The zero-order valence-corrected chi connectivity index (χ0v) is 21.3. The number of nitrogens with one attached hydrogen (secondary N) is 2. The minimum absolute atomic E-state index is 0.139. The van der Waals surface area contributed by atoms with Crippen molar-refractivity contribution >= 4 is 23.3 Å². The number of aromatic nitrogens is 4. The maximum atomic E-state index is 14.1. The molecular formula is C26H21F4N7O3. The first-order valence-electron chi connectivity index (χ1n) is 11.6. The number of fused-ring (bicyclic) bond motifs is 1. The number of anilines is 1. The van der Waals surface area contributed by atoms with Crippen molar-refractivity contribution in [1.82, 2.24) is 24.9 Å². The lowest BCUT2D eigenvalue weighted by Crippen LogP contribution is -2.29. The Labute approximate surface area is 224 Å². The summed E-state index contributed by atoms with van der Waals surface area (Å²) < 4.78 is 56.8. The third kappa shape index (κ3) is 6.32. The quantitative estimate of drug-likeness (QED) is 0.320. The van der Waals surface area contributed by atoms with Crippen LogP contribution in [0, 0.1) is 29.5 Å². The molecule has 2 N–H and O–H groups in total. The molecule has 0 aliphatic rings. The number of nitriles is 1. The number of alkyl halides is 3. The number of ether oxygens (including phenoxy) is 1. The Morgan fingerprint density at radius 1 is 1.15 bits per heavy atom. The van der Waals surface area contributed by atoms with Crippen LogP contribution in [-0.2, 0) is 11.3 Å². The monoisotopic (exact) mass is 555 g/mol. The Morgan fingerprint density at radius 3 is 2.60 bits per heavy atom. The third-order valence-electron chi connectivity index (χ3n) is 5.73. The van der Waals surface area contributed by atoms with Gasteiger partial charge >= 0.3 is 6.36 Å². The molecular weight excluding hydrogens is 534 g/mol. The van der Waals surface area contributed by atoms with E-state index >= 15 is 0 Å². The summed E-state index contributed by atoms with van der Waals surface area (Å²) in [4.78, 5) is 33.7. The average Bonchev–Trinajstić information content (AvgIpc) is 3.29. The fourth-order valence-electron chi connectivity index (χ4n) is 3.48. The molecule has 2 amide bonds. The molecule has 3 aromatic heterocycles. The molecule has 10 nitrogen and oxygen atoms in total. The number of hydrogen-bond acceptors (Lipinski definition) is 7. The number of pyridine rings is 1. The predicted molar refractivity (Wildman–Crippen MR) is 133 cm³/mol. The number of carbonyl (C=O) groups is 2. The second-order valence-electron chi connectivity index (χ2n) is 9.18. The van der Waals surface area contributed by atoms with E-state index in [4.69, 9.17) is 5.26 Å². The summed E-state index contributed by atoms with van der Waals surface area (Å²) in [7, 11) is 0. The molecule has 0 bridgehead atoms.